The molecule has 0 N–H and O–H groups in total. The second-order valence-electron chi connectivity index (χ2n) is 3.72. The van der Waals surface area contributed by atoms with Gasteiger partial charge in [-0.25, -0.2) is 0 Å². The second-order valence-corrected chi connectivity index (χ2v) is 30.6. The van der Waals surface area contributed by atoms with Gasteiger partial charge in [-0.05, 0) is 0 Å². The molecule has 2 rings (SSSR count). The van der Waals surface area contributed by atoms with Crippen molar-refractivity contribution in [3.8, 4) is 0 Å². The molecule has 0 fully saturated rings. The average molecular weight is 532 g/mol. The third kappa shape index (κ3) is 3.08. The standard InChI is InChI=1S/C8H5N5O3.Ra.Rb.H/c1-16-7(15)4-2-5(6(9)14)13-3-10-12-8(13)11-4;;;/h2-3H,1H3;;;. The topological polar surface area (TPSA) is 89.7 Å². The summed E-state index contributed by atoms with van der Waals surface area (Å²) in [6.07, 6.45) is 1.41. The van der Waals surface area contributed by atoms with Crippen molar-refractivity contribution in [3.05, 3.63) is 23.8 Å². The zero-order valence-electron chi connectivity index (χ0n) is 10.1. The third-order valence-electron chi connectivity index (χ3n) is 2.30. The van der Waals surface area contributed by atoms with Crippen LogP contribution >= 0.6 is 0 Å². The molecule has 84 valence electrons. The fourth-order valence-corrected chi connectivity index (χ4v) is 2.92. The average Bonchev–Trinajstić information content (AvgIpc) is 2.83. The van der Waals surface area contributed by atoms with Crippen molar-refractivity contribution in [3.63, 3.8) is 0 Å². The van der Waals surface area contributed by atoms with Crippen LogP contribution < -0.4 is 0 Å². The molecule has 0 unspecified atom stereocenters. The Morgan fingerprint density at radius 1 is 1.56 bits per heavy atom. The van der Waals surface area contributed by atoms with Crippen LogP contribution in [-0.2, 0) is 4.74 Å². The van der Waals surface area contributed by atoms with Crippen molar-refractivity contribution in [1.82, 2.24) is 13.8 Å². The molecule has 0 aromatic carbocycles. The molecule has 2 aromatic rings. The number of aromatic nitrogens is 4. The Hall–Kier alpha value is 0.763. The minimum absolute atomic E-state index is 0.0306. The molecule has 0 saturated heterocycles. The van der Waals surface area contributed by atoms with Crippen molar-refractivity contribution in [2.75, 3.05) is 7.11 Å². The first-order chi connectivity index (χ1) is 8.54. The van der Waals surface area contributed by atoms with E-state index >= 15 is 0 Å². The number of nitrogens with zero attached hydrogens (tertiary/aromatic N) is 5. The van der Waals surface area contributed by atoms with E-state index in [0.717, 1.165) is 0 Å². The molecule has 18 heavy (non-hydrogen) atoms. The van der Waals surface area contributed by atoms with E-state index in [4.69, 9.17) is 0 Å². The molecule has 0 spiro atoms. The SMILES string of the molecule is COC(=O)c1cc(C(=O)[N]([Rb])[RaH])n2cnnc2n1. The minimum atomic E-state index is -0.595. The van der Waals surface area contributed by atoms with Gasteiger partial charge in [0.05, 0.1) is 0 Å². The molecule has 0 radical (unpaired) electrons. The molecule has 10 heteroatoms. The van der Waals surface area contributed by atoms with Crippen LogP contribution in [0.4, 0.5) is 0 Å². The number of carbonyl (C=O) groups excluding carboxylic acids is 2. The van der Waals surface area contributed by atoms with Crippen LogP contribution in [-0.4, -0.2) is 88.8 Å². The number of hydrogen-bond acceptors (Lipinski definition) is 6. The first-order valence-corrected chi connectivity index (χ1v) is 10.9. The number of rotatable bonds is 2. The van der Waals surface area contributed by atoms with Gasteiger partial charge in [0.15, 0.2) is 0 Å². The molecule has 0 aliphatic rings. The molecule has 0 bridgehead atoms. The second kappa shape index (κ2) is 6.48. The van der Waals surface area contributed by atoms with Crippen molar-refractivity contribution >= 4 is 73.7 Å². The Kier molecular flexibility index (Phi) is 5.45. The summed E-state index contributed by atoms with van der Waals surface area (Å²) in [5.41, 5.74) is 0.421. The number of esters is 1. The summed E-state index contributed by atoms with van der Waals surface area (Å²) in [5.74, 6) is -0.466. The van der Waals surface area contributed by atoms with Crippen LogP contribution in [0.3, 0.4) is 0 Å². The summed E-state index contributed by atoms with van der Waals surface area (Å²) in [6.45, 7) is 0. The predicted octanol–water partition coefficient (Wildman–Crippen LogP) is -1.37. The molecule has 0 aliphatic heterocycles. The van der Waals surface area contributed by atoms with Gasteiger partial charge >= 0.3 is 176 Å². The van der Waals surface area contributed by atoms with Crippen molar-refractivity contribution < 1.29 is 57.5 Å². The molecule has 0 atom stereocenters. The normalized spacial score (nSPS) is 10.3. The van der Waals surface area contributed by atoms with Crippen LogP contribution in [0.25, 0.3) is 5.78 Å². The van der Waals surface area contributed by atoms with E-state index in [9.17, 15) is 9.59 Å². The van der Waals surface area contributed by atoms with E-state index in [1.54, 1.807) is 0 Å². The maximum absolute atomic E-state index is 12.1. The number of carbonyl (C=O) groups is 2. The molecular weight excluding hydrogens is 526 g/mol. The zero-order chi connectivity index (χ0) is 13.3. The van der Waals surface area contributed by atoms with Gasteiger partial charge in [0.1, 0.15) is 0 Å². The molecule has 1 amide bonds. The van der Waals surface area contributed by atoms with E-state index in [1.807, 2.05) is -5.82 Å². The van der Waals surface area contributed by atoms with Crippen molar-refractivity contribution in [2.24, 2.45) is 0 Å². The predicted molar refractivity (Wildman–Crippen MR) is 55.4 cm³/mol. The van der Waals surface area contributed by atoms with Crippen LogP contribution in [0.5, 0.6) is 0 Å². The molecular formula is C8H6N5O3RaRb. The van der Waals surface area contributed by atoms with Crippen molar-refractivity contribution in [1.29, 1.82) is 0 Å². The van der Waals surface area contributed by atoms with Gasteiger partial charge in [0.25, 0.3) is 0 Å². The Balaban J connectivity index is 2.66. The van der Waals surface area contributed by atoms with Crippen molar-refractivity contribution in [2.45, 2.75) is 0 Å². The fraction of sp³-hybridized carbons (Fsp3) is 0.125. The molecule has 0 aliphatic carbocycles. The van der Waals surface area contributed by atoms with E-state index in [-0.39, 0.29) is 117 Å². The maximum atomic E-state index is 12.1. The number of ether oxygens (including phenoxy) is 1. The molecule has 8 nitrogen and oxygen atoms in total. The Labute approximate surface area is 172 Å². The van der Waals surface area contributed by atoms with E-state index < -0.39 is 5.97 Å². The zero-order valence-corrected chi connectivity index (χ0v) is 23.3. The van der Waals surface area contributed by atoms with E-state index in [2.05, 4.69) is 19.9 Å². The first kappa shape index (κ1) is 15.2. The summed E-state index contributed by atoms with van der Waals surface area (Å²) in [7, 11) is 1.26. The third-order valence-corrected chi connectivity index (χ3v) is 4.97. The number of fused-ring (bicyclic) bond motifs is 1. The summed E-state index contributed by atoms with van der Waals surface area (Å²) < 4.78 is 7.91. The van der Waals surface area contributed by atoms with E-state index in [1.165, 1.54) is 23.9 Å². The summed E-state index contributed by atoms with van der Waals surface area (Å²) >= 11 is 0.0953. The van der Waals surface area contributed by atoms with Gasteiger partial charge < -0.3 is 0 Å². The molecule has 0 saturated carbocycles. The quantitative estimate of drug-likeness (QED) is 0.445. The van der Waals surface area contributed by atoms with Gasteiger partial charge in [-0.15, -0.1) is 0 Å². The van der Waals surface area contributed by atoms with Gasteiger partial charge in [-0.3, -0.25) is 0 Å². The number of amides is 1. The fourth-order valence-electron chi connectivity index (χ4n) is 1.42. The van der Waals surface area contributed by atoms with Gasteiger partial charge in [-0.1, -0.05) is 0 Å². The summed E-state index contributed by atoms with van der Waals surface area (Å²) in [6, 6.07) is 1.42. The van der Waals surface area contributed by atoms with E-state index in [0.29, 0.717) is 5.69 Å². The Morgan fingerprint density at radius 3 is 2.89 bits per heavy atom. The van der Waals surface area contributed by atoms with Crippen LogP contribution in [0.2, 0.25) is 0 Å². The number of hydrogen-bond donors (Lipinski definition) is 0. The van der Waals surface area contributed by atoms with Gasteiger partial charge in [-0.2, -0.15) is 0 Å². The van der Waals surface area contributed by atoms with Crippen LogP contribution in [0.1, 0.15) is 21.0 Å². The van der Waals surface area contributed by atoms with Gasteiger partial charge in [0.2, 0.25) is 0 Å². The Morgan fingerprint density at radius 2 is 2.28 bits per heavy atom. The van der Waals surface area contributed by atoms with Crippen LogP contribution in [0, 0.1) is 43.2 Å². The molecule has 2 aromatic heterocycles. The van der Waals surface area contributed by atoms with Crippen LogP contribution in [0.15, 0.2) is 12.4 Å². The monoisotopic (exact) mass is 531 g/mol. The molecule has 2 heterocycles. The summed E-state index contributed by atoms with van der Waals surface area (Å²) in [5, 5.41) is 7.45. The van der Waals surface area contributed by atoms with Gasteiger partial charge in [0, 0.05) is 0 Å². The Bertz CT molecular complexity index is 628. The first-order valence-electron chi connectivity index (χ1n) is 5.05. The number of methoxy groups -OCH3 is 1. The summed E-state index contributed by atoms with van der Waals surface area (Å²) in [4.78, 5) is 27.6.